The molecule has 0 saturated carbocycles. The van der Waals surface area contributed by atoms with Crippen molar-refractivity contribution in [2.24, 2.45) is 0 Å². The maximum absolute atomic E-state index is 3.88. The van der Waals surface area contributed by atoms with Crippen LogP contribution in [0.1, 0.15) is 0 Å². The highest BCUT2D eigenvalue weighted by Crippen LogP contribution is 2.25. The standard InChI is InChI=1S/C15H21NSi/c1-4-12-17(13-5-2,14-6-3)16-15-10-8-7-9-11-15/h4-11,16H,1-3,12-14H2. The van der Waals surface area contributed by atoms with E-state index in [9.17, 15) is 0 Å². The van der Waals surface area contributed by atoms with E-state index in [1.165, 1.54) is 5.69 Å². The van der Waals surface area contributed by atoms with E-state index >= 15 is 0 Å². The summed E-state index contributed by atoms with van der Waals surface area (Å²) in [7, 11) is -1.64. The van der Waals surface area contributed by atoms with Crippen molar-refractivity contribution in [1.82, 2.24) is 0 Å². The van der Waals surface area contributed by atoms with E-state index in [4.69, 9.17) is 0 Å². The van der Waals surface area contributed by atoms with E-state index in [0.29, 0.717) is 0 Å². The molecule has 0 radical (unpaired) electrons. The van der Waals surface area contributed by atoms with Crippen molar-refractivity contribution in [2.75, 3.05) is 4.98 Å². The third kappa shape index (κ3) is 4.08. The van der Waals surface area contributed by atoms with E-state index in [1.807, 2.05) is 24.3 Å². The van der Waals surface area contributed by atoms with Crippen LogP contribution in [-0.2, 0) is 0 Å². The Balaban J connectivity index is 2.90. The molecule has 0 unspecified atom stereocenters. The van der Waals surface area contributed by atoms with Gasteiger partial charge in [0.2, 0.25) is 0 Å². The zero-order valence-corrected chi connectivity index (χ0v) is 11.4. The summed E-state index contributed by atoms with van der Waals surface area (Å²) in [5, 5.41) is 0. The third-order valence-electron chi connectivity index (χ3n) is 2.79. The van der Waals surface area contributed by atoms with Crippen molar-refractivity contribution >= 4 is 13.9 Å². The SMILES string of the molecule is C=CC[Si](CC=C)(CC=C)Nc1ccccc1. The van der Waals surface area contributed by atoms with Crippen molar-refractivity contribution in [3.63, 3.8) is 0 Å². The van der Waals surface area contributed by atoms with Crippen LogP contribution < -0.4 is 4.98 Å². The number of benzene rings is 1. The van der Waals surface area contributed by atoms with Crippen LogP contribution in [0, 0.1) is 0 Å². The molecule has 0 heterocycles. The molecule has 0 atom stereocenters. The Bertz CT molecular complexity index is 343. The Morgan fingerprint density at radius 1 is 0.882 bits per heavy atom. The molecule has 0 bridgehead atoms. The Morgan fingerprint density at radius 3 is 1.76 bits per heavy atom. The lowest BCUT2D eigenvalue weighted by Gasteiger charge is -2.30. The predicted molar refractivity (Wildman–Crippen MR) is 80.8 cm³/mol. The van der Waals surface area contributed by atoms with Gasteiger partial charge in [-0.1, -0.05) is 36.4 Å². The van der Waals surface area contributed by atoms with Gasteiger partial charge in [0.1, 0.15) is 0 Å². The molecule has 0 aromatic heterocycles. The van der Waals surface area contributed by atoms with Gasteiger partial charge in [0.05, 0.1) is 0 Å². The summed E-state index contributed by atoms with van der Waals surface area (Å²) in [5.74, 6) is 0. The number of nitrogens with one attached hydrogen (secondary N) is 1. The summed E-state index contributed by atoms with van der Waals surface area (Å²) >= 11 is 0. The van der Waals surface area contributed by atoms with Crippen LogP contribution in [0.15, 0.2) is 68.3 Å². The number of anilines is 1. The van der Waals surface area contributed by atoms with Crippen LogP contribution in [0.25, 0.3) is 0 Å². The van der Waals surface area contributed by atoms with Crippen molar-refractivity contribution in [1.29, 1.82) is 0 Å². The van der Waals surface area contributed by atoms with Gasteiger partial charge in [-0.2, -0.15) is 0 Å². The fraction of sp³-hybridized carbons (Fsp3) is 0.200. The zero-order chi connectivity index (χ0) is 12.6. The second-order valence-electron chi connectivity index (χ2n) is 4.25. The fourth-order valence-corrected chi connectivity index (χ4v) is 5.30. The maximum atomic E-state index is 3.88. The predicted octanol–water partition coefficient (Wildman–Crippen LogP) is 4.60. The second kappa shape index (κ2) is 6.92. The van der Waals surface area contributed by atoms with Gasteiger partial charge < -0.3 is 4.98 Å². The number of para-hydroxylation sites is 1. The topological polar surface area (TPSA) is 12.0 Å². The molecule has 2 heteroatoms. The molecule has 1 nitrogen and oxygen atoms in total. The monoisotopic (exact) mass is 243 g/mol. The highest BCUT2D eigenvalue weighted by molar-refractivity contribution is 6.83. The van der Waals surface area contributed by atoms with Crippen LogP contribution in [0.2, 0.25) is 18.1 Å². The van der Waals surface area contributed by atoms with Crippen LogP contribution in [0.5, 0.6) is 0 Å². The Hall–Kier alpha value is -1.54. The Kier molecular flexibility index (Phi) is 5.50. The fourth-order valence-electron chi connectivity index (χ4n) is 2.06. The first-order chi connectivity index (χ1) is 8.26. The normalized spacial score (nSPS) is 10.6. The first-order valence-electron chi connectivity index (χ1n) is 5.92. The summed E-state index contributed by atoms with van der Waals surface area (Å²) < 4.78 is 0. The van der Waals surface area contributed by atoms with Crippen molar-refractivity contribution in [3.05, 3.63) is 68.3 Å². The molecular weight excluding hydrogens is 222 g/mol. The van der Waals surface area contributed by atoms with Gasteiger partial charge in [-0.15, -0.1) is 19.7 Å². The number of hydrogen-bond donors (Lipinski definition) is 1. The second-order valence-corrected chi connectivity index (χ2v) is 8.29. The lowest BCUT2D eigenvalue weighted by molar-refractivity contribution is 1.33. The highest BCUT2D eigenvalue weighted by Gasteiger charge is 2.29. The molecule has 1 aromatic rings. The van der Waals surface area contributed by atoms with E-state index in [1.54, 1.807) is 0 Å². The minimum absolute atomic E-state index is 1.03. The number of allylic oxidation sites excluding steroid dienone is 3. The van der Waals surface area contributed by atoms with E-state index in [0.717, 1.165) is 18.1 Å². The van der Waals surface area contributed by atoms with Crippen LogP contribution in [0.4, 0.5) is 5.69 Å². The molecule has 1 N–H and O–H groups in total. The summed E-state index contributed by atoms with van der Waals surface area (Å²) in [6, 6.07) is 13.4. The third-order valence-corrected chi connectivity index (χ3v) is 6.82. The van der Waals surface area contributed by atoms with Crippen molar-refractivity contribution in [2.45, 2.75) is 18.1 Å². The van der Waals surface area contributed by atoms with Crippen LogP contribution in [-0.4, -0.2) is 8.24 Å². The van der Waals surface area contributed by atoms with Gasteiger partial charge >= 0.3 is 0 Å². The van der Waals surface area contributed by atoms with Gasteiger partial charge in [-0.05, 0) is 30.3 Å². The molecule has 0 fully saturated rings. The van der Waals surface area contributed by atoms with Crippen molar-refractivity contribution in [3.8, 4) is 0 Å². The minimum atomic E-state index is -1.64. The molecule has 17 heavy (non-hydrogen) atoms. The molecule has 0 aliphatic heterocycles. The molecule has 0 aliphatic rings. The summed E-state index contributed by atoms with van der Waals surface area (Å²) in [6.45, 7) is 11.6. The molecule has 0 aliphatic carbocycles. The first-order valence-corrected chi connectivity index (χ1v) is 8.54. The van der Waals surface area contributed by atoms with Gasteiger partial charge in [0, 0.05) is 5.69 Å². The lowest BCUT2D eigenvalue weighted by atomic mass is 10.3. The molecular formula is C15H21NSi. The Morgan fingerprint density at radius 2 is 1.35 bits per heavy atom. The molecule has 90 valence electrons. The minimum Gasteiger partial charge on any atom is -0.409 e. The summed E-state index contributed by atoms with van der Waals surface area (Å²) in [4.78, 5) is 3.72. The average Bonchev–Trinajstić information content (AvgIpc) is 2.31. The quantitative estimate of drug-likeness (QED) is 0.519. The first kappa shape index (κ1) is 13.5. The highest BCUT2D eigenvalue weighted by atomic mass is 28.3. The summed E-state index contributed by atoms with van der Waals surface area (Å²) in [6.07, 6.45) is 6.03. The van der Waals surface area contributed by atoms with Gasteiger partial charge in [0.15, 0.2) is 8.24 Å². The molecule has 1 rings (SSSR count). The van der Waals surface area contributed by atoms with Gasteiger partial charge in [-0.25, -0.2) is 0 Å². The van der Waals surface area contributed by atoms with Crippen LogP contribution in [0.3, 0.4) is 0 Å². The summed E-state index contributed by atoms with van der Waals surface area (Å²) in [5.41, 5.74) is 1.18. The van der Waals surface area contributed by atoms with Crippen LogP contribution >= 0.6 is 0 Å². The largest absolute Gasteiger partial charge is 0.409 e. The van der Waals surface area contributed by atoms with Crippen molar-refractivity contribution < 1.29 is 0 Å². The molecule has 0 amide bonds. The smallest absolute Gasteiger partial charge is 0.164 e. The van der Waals surface area contributed by atoms with Gasteiger partial charge in [0.25, 0.3) is 0 Å². The maximum Gasteiger partial charge on any atom is 0.164 e. The average molecular weight is 243 g/mol. The van der Waals surface area contributed by atoms with E-state index in [2.05, 4.69) is 49.0 Å². The number of rotatable bonds is 8. The lowest BCUT2D eigenvalue weighted by Crippen LogP contribution is -2.42. The molecule has 0 saturated heterocycles. The van der Waals surface area contributed by atoms with Gasteiger partial charge in [-0.3, -0.25) is 0 Å². The molecule has 1 aromatic carbocycles. The van der Waals surface area contributed by atoms with E-state index in [-0.39, 0.29) is 0 Å². The molecule has 0 spiro atoms. The number of hydrogen-bond acceptors (Lipinski definition) is 1. The van der Waals surface area contributed by atoms with E-state index < -0.39 is 8.24 Å². The Labute approximate surface area is 106 Å². The zero-order valence-electron chi connectivity index (χ0n) is 10.4.